The van der Waals surface area contributed by atoms with E-state index in [1.54, 1.807) is 35.3 Å². The summed E-state index contributed by atoms with van der Waals surface area (Å²) in [4.78, 5) is 22.2. The van der Waals surface area contributed by atoms with E-state index in [-0.39, 0.29) is 18.1 Å². The molecular formula is C24H22FN5OS. The highest BCUT2D eigenvalue weighted by Crippen LogP contribution is 2.28. The van der Waals surface area contributed by atoms with Gasteiger partial charge in [-0.2, -0.15) is 5.10 Å². The molecule has 0 unspecified atom stereocenters. The second-order valence-electron chi connectivity index (χ2n) is 7.37. The Morgan fingerprint density at radius 1 is 1.06 bits per heavy atom. The van der Waals surface area contributed by atoms with Gasteiger partial charge in [0.25, 0.3) is 0 Å². The van der Waals surface area contributed by atoms with Crippen LogP contribution in [-0.2, 0) is 11.2 Å². The first-order valence-electron chi connectivity index (χ1n) is 10.1. The largest absolute Gasteiger partial charge is 0.326 e. The lowest BCUT2D eigenvalue weighted by atomic mass is 10.1. The van der Waals surface area contributed by atoms with Crippen LogP contribution in [0.5, 0.6) is 0 Å². The molecule has 2 heterocycles. The van der Waals surface area contributed by atoms with Crippen LogP contribution in [0.2, 0.25) is 0 Å². The van der Waals surface area contributed by atoms with Gasteiger partial charge in [0.1, 0.15) is 5.82 Å². The number of aryl methyl sites for hydroxylation is 2. The summed E-state index contributed by atoms with van der Waals surface area (Å²) in [7, 11) is 0. The van der Waals surface area contributed by atoms with Gasteiger partial charge in [-0.05, 0) is 86.6 Å². The number of anilines is 1. The molecule has 0 spiro atoms. The highest BCUT2D eigenvalue weighted by Gasteiger charge is 2.17. The molecule has 0 fully saturated rings. The van der Waals surface area contributed by atoms with Crippen LogP contribution < -0.4 is 5.32 Å². The molecule has 162 valence electrons. The maximum atomic E-state index is 13.2. The molecule has 0 aliphatic heterocycles. The van der Waals surface area contributed by atoms with Gasteiger partial charge >= 0.3 is 0 Å². The third-order valence-electron chi connectivity index (χ3n) is 5.07. The first kappa shape index (κ1) is 21.7. The summed E-state index contributed by atoms with van der Waals surface area (Å²) < 4.78 is 15.0. The number of rotatable bonds is 6. The Labute approximate surface area is 189 Å². The Kier molecular flexibility index (Phi) is 6.32. The van der Waals surface area contributed by atoms with Gasteiger partial charge in [0.05, 0.1) is 17.8 Å². The summed E-state index contributed by atoms with van der Waals surface area (Å²) in [6.45, 7) is 5.74. The number of hydrogen-bond acceptors (Lipinski definition) is 5. The average Bonchev–Trinajstić information content (AvgIpc) is 3.05. The molecule has 0 saturated carbocycles. The molecule has 0 aliphatic carbocycles. The Morgan fingerprint density at radius 3 is 2.47 bits per heavy atom. The summed E-state index contributed by atoms with van der Waals surface area (Å²) in [5.74, 6) is -0.421. The van der Waals surface area contributed by atoms with Gasteiger partial charge in [-0.25, -0.2) is 19.0 Å². The van der Waals surface area contributed by atoms with E-state index >= 15 is 0 Å². The summed E-state index contributed by atoms with van der Waals surface area (Å²) in [5, 5.41) is 8.21. The second kappa shape index (κ2) is 9.32. The van der Waals surface area contributed by atoms with E-state index in [4.69, 9.17) is 0 Å². The van der Waals surface area contributed by atoms with Gasteiger partial charge in [-0.15, -0.1) is 0 Å². The summed E-state index contributed by atoms with van der Waals surface area (Å²) >= 11 is 1.47. The molecule has 0 atom stereocenters. The topological polar surface area (TPSA) is 72.7 Å². The first-order valence-corrected chi connectivity index (χ1v) is 10.9. The third-order valence-corrected chi connectivity index (χ3v) is 5.96. The maximum Gasteiger partial charge on any atom is 0.228 e. The summed E-state index contributed by atoms with van der Waals surface area (Å²) in [6, 6.07) is 13.7. The maximum absolute atomic E-state index is 13.2. The molecule has 2 aromatic carbocycles. The van der Waals surface area contributed by atoms with Crippen LogP contribution in [0.1, 0.15) is 22.5 Å². The van der Waals surface area contributed by atoms with Crippen molar-refractivity contribution >= 4 is 23.4 Å². The third kappa shape index (κ3) is 4.86. The predicted octanol–water partition coefficient (Wildman–Crippen LogP) is 5.06. The summed E-state index contributed by atoms with van der Waals surface area (Å²) in [5.41, 5.74) is 4.95. The van der Waals surface area contributed by atoms with Gasteiger partial charge in [0.2, 0.25) is 5.91 Å². The van der Waals surface area contributed by atoms with Crippen molar-refractivity contribution in [2.45, 2.75) is 37.2 Å². The zero-order valence-corrected chi connectivity index (χ0v) is 18.8. The number of nitrogens with zero attached hydrogens (tertiary/aromatic N) is 4. The average molecular weight is 448 g/mol. The second-order valence-corrected chi connectivity index (χ2v) is 8.41. The molecule has 0 radical (unpaired) electrons. The number of carbonyl (C=O) groups excluding carboxylic acids is 1. The standard InChI is InChI=1S/C24H22FN5OS/c1-15-13-20(32-24-26-11-4-12-27-24)9-10-22(15)28-23(31)14-21-16(2)29-30(17(21)3)19-7-5-18(25)6-8-19/h4-13H,14H2,1-3H3,(H,28,31). The quantitative estimate of drug-likeness (QED) is 0.418. The van der Waals surface area contributed by atoms with Crippen molar-refractivity contribution in [3.8, 4) is 5.69 Å². The number of halogens is 1. The molecule has 2 aromatic heterocycles. The monoisotopic (exact) mass is 447 g/mol. The molecule has 0 aliphatic rings. The fourth-order valence-corrected chi connectivity index (χ4v) is 4.21. The number of benzene rings is 2. The number of aromatic nitrogens is 4. The Hall–Kier alpha value is -3.52. The zero-order chi connectivity index (χ0) is 22.7. The molecule has 8 heteroatoms. The fraction of sp³-hybridized carbons (Fsp3) is 0.167. The lowest BCUT2D eigenvalue weighted by Crippen LogP contribution is -2.16. The smallest absolute Gasteiger partial charge is 0.228 e. The number of nitrogens with one attached hydrogen (secondary N) is 1. The van der Waals surface area contributed by atoms with Crippen molar-refractivity contribution in [3.05, 3.63) is 89.3 Å². The van der Waals surface area contributed by atoms with Crippen LogP contribution in [0.25, 0.3) is 5.69 Å². The zero-order valence-electron chi connectivity index (χ0n) is 18.0. The molecule has 4 aromatic rings. The number of amides is 1. The fourth-order valence-electron chi connectivity index (χ4n) is 3.40. The van der Waals surface area contributed by atoms with Gasteiger partial charge in [0.15, 0.2) is 5.16 Å². The van der Waals surface area contributed by atoms with Crippen molar-refractivity contribution in [2.24, 2.45) is 0 Å². The van der Waals surface area contributed by atoms with Crippen LogP contribution in [0.15, 0.2) is 71.0 Å². The molecule has 0 bridgehead atoms. The van der Waals surface area contributed by atoms with Crippen molar-refractivity contribution in [3.63, 3.8) is 0 Å². The van der Waals surface area contributed by atoms with E-state index in [9.17, 15) is 9.18 Å². The first-order chi connectivity index (χ1) is 15.4. The number of carbonyl (C=O) groups is 1. The van der Waals surface area contributed by atoms with Crippen LogP contribution in [0.3, 0.4) is 0 Å². The Morgan fingerprint density at radius 2 is 1.78 bits per heavy atom. The van der Waals surface area contributed by atoms with E-state index in [2.05, 4.69) is 20.4 Å². The highest BCUT2D eigenvalue weighted by atomic mass is 32.2. The minimum Gasteiger partial charge on any atom is -0.326 e. The molecule has 0 saturated heterocycles. The van der Waals surface area contributed by atoms with E-state index in [0.29, 0.717) is 5.16 Å². The lowest BCUT2D eigenvalue weighted by Gasteiger charge is -2.10. The van der Waals surface area contributed by atoms with Gasteiger partial charge in [-0.1, -0.05) is 0 Å². The van der Waals surface area contributed by atoms with Crippen LogP contribution in [-0.4, -0.2) is 25.7 Å². The van der Waals surface area contributed by atoms with Gasteiger partial charge < -0.3 is 5.32 Å². The van der Waals surface area contributed by atoms with Crippen LogP contribution in [0.4, 0.5) is 10.1 Å². The molecule has 4 rings (SSSR count). The molecule has 1 amide bonds. The minimum absolute atomic E-state index is 0.121. The van der Waals surface area contributed by atoms with Gasteiger partial charge in [-0.3, -0.25) is 4.79 Å². The minimum atomic E-state index is -0.300. The Balaban J connectivity index is 1.46. The van der Waals surface area contributed by atoms with E-state index in [1.807, 2.05) is 39.0 Å². The molecular weight excluding hydrogens is 425 g/mol. The molecule has 32 heavy (non-hydrogen) atoms. The highest BCUT2D eigenvalue weighted by molar-refractivity contribution is 7.99. The van der Waals surface area contributed by atoms with Crippen molar-refractivity contribution in [2.75, 3.05) is 5.32 Å². The van der Waals surface area contributed by atoms with E-state index in [0.717, 1.165) is 38.8 Å². The van der Waals surface area contributed by atoms with Crippen molar-refractivity contribution < 1.29 is 9.18 Å². The summed E-state index contributed by atoms with van der Waals surface area (Å²) in [6.07, 6.45) is 3.62. The van der Waals surface area contributed by atoms with Crippen LogP contribution >= 0.6 is 11.8 Å². The van der Waals surface area contributed by atoms with Crippen molar-refractivity contribution in [1.29, 1.82) is 0 Å². The molecule has 1 N–H and O–H groups in total. The lowest BCUT2D eigenvalue weighted by molar-refractivity contribution is -0.115. The normalized spacial score (nSPS) is 10.9. The van der Waals surface area contributed by atoms with E-state index < -0.39 is 0 Å². The predicted molar refractivity (Wildman–Crippen MR) is 123 cm³/mol. The van der Waals surface area contributed by atoms with Crippen LogP contribution in [0, 0.1) is 26.6 Å². The SMILES string of the molecule is Cc1cc(Sc2ncccn2)ccc1NC(=O)Cc1c(C)nn(-c2ccc(F)cc2)c1C. The van der Waals surface area contributed by atoms with Crippen molar-refractivity contribution in [1.82, 2.24) is 19.7 Å². The van der Waals surface area contributed by atoms with E-state index in [1.165, 1.54) is 23.9 Å². The Bertz CT molecular complexity index is 1260. The molecule has 6 nitrogen and oxygen atoms in total. The van der Waals surface area contributed by atoms with Gasteiger partial charge in [0, 0.05) is 34.2 Å². The number of hydrogen-bond donors (Lipinski definition) is 1.